The highest BCUT2D eigenvalue weighted by molar-refractivity contribution is 7.92. The van der Waals surface area contributed by atoms with Gasteiger partial charge in [-0.25, -0.2) is 8.42 Å². The molecule has 4 aromatic carbocycles. The van der Waals surface area contributed by atoms with Crippen LogP contribution in [0.4, 0.5) is 5.69 Å². The minimum atomic E-state index is -4.16. The summed E-state index contributed by atoms with van der Waals surface area (Å²) in [5.74, 6) is -0.831. The van der Waals surface area contributed by atoms with Gasteiger partial charge >= 0.3 is 0 Å². The Labute approximate surface area is 271 Å². The molecule has 0 saturated heterocycles. The van der Waals surface area contributed by atoms with Crippen LogP contribution in [0.5, 0.6) is 0 Å². The second-order valence-electron chi connectivity index (χ2n) is 11.3. The number of carbonyl (C=O) groups excluding carboxylic acids is 2. The molecule has 0 fully saturated rings. The minimum absolute atomic E-state index is 0.0525. The smallest absolute Gasteiger partial charge is 0.264 e. The molecule has 7 nitrogen and oxygen atoms in total. The van der Waals surface area contributed by atoms with E-state index in [1.165, 1.54) is 17.0 Å². The maximum Gasteiger partial charge on any atom is 0.264 e. The van der Waals surface area contributed by atoms with Crippen molar-refractivity contribution < 1.29 is 18.0 Å². The third-order valence-electron chi connectivity index (χ3n) is 7.75. The molecule has 0 heterocycles. The zero-order chi connectivity index (χ0) is 32.6. The minimum Gasteiger partial charge on any atom is -0.352 e. The van der Waals surface area contributed by atoms with Crippen LogP contribution in [0, 0.1) is 13.8 Å². The van der Waals surface area contributed by atoms with Gasteiger partial charge in [-0.05, 0) is 74.2 Å². The van der Waals surface area contributed by atoms with E-state index in [0.717, 1.165) is 15.4 Å². The lowest BCUT2D eigenvalue weighted by atomic mass is 10.0. The number of sulfonamides is 1. The first-order valence-electron chi connectivity index (χ1n) is 15.0. The topological polar surface area (TPSA) is 86.8 Å². The molecule has 0 bridgehead atoms. The summed E-state index contributed by atoms with van der Waals surface area (Å²) in [6.45, 7) is 7.17. The fraction of sp³-hybridized carbons (Fsp3) is 0.278. The summed E-state index contributed by atoms with van der Waals surface area (Å²) < 4.78 is 29.5. The Morgan fingerprint density at radius 3 is 2.11 bits per heavy atom. The zero-order valence-electron chi connectivity index (χ0n) is 26.1. The van der Waals surface area contributed by atoms with E-state index >= 15 is 0 Å². The Balaban J connectivity index is 1.83. The Morgan fingerprint density at radius 2 is 1.49 bits per heavy atom. The molecular formula is C36H40ClN3O4S. The van der Waals surface area contributed by atoms with Gasteiger partial charge in [0.2, 0.25) is 11.8 Å². The molecule has 4 aromatic rings. The van der Waals surface area contributed by atoms with Gasteiger partial charge in [-0.2, -0.15) is 0 Å². The van der Waals surface area contributed by atoms with Crippen molar-refractivity contribution in [2.45, 2.75) is 64.1 Å². The quantitative estimate of drug-likeness (QED) is 0.175. The van der Waals surface area contributed by atoms with Gasteiger partial charge in [0.05, 0.1) is 10.6 Å². The summed E-state index contributed by atoms with van der Waals surface area (Å²) in [6, 6.07) is 29.0. The number of carbonyl (C=O) groups is 2. The molecule has 2 amide bonds. The number of hydrogen-bond donors (Lipinski definition) is 1. The van der Waals surface area contributed by atoms with Crippen LogP contribution in [0.3, 0.4) is 0 Å². The number of aryl methyl sites for hydroxylation is 2. The molecule has 9 heteroatoms. The van der Waals surface area contributed by atoms with Gasteiger partial charge in [0.25, 0.3) is 10.0 Å². The molecule has 0 aliphatic rings. The summed E-state index contributed by atoms with van der Waals surface area (Å²) in [4.78, 5) is 30.0. The van der Waals surface area contributed by atoms with E-state index in [-0.39, 0.29) is 29.8 Å². The van der Waals surface area contributed by atoms with Crippen molar-refractivity contribution in [2.24, 2.45) is 0 Å². The SMILES string of the molecule is CC[C@@H](C)NC(=O)[C@H](Cc1ccccc1)N(Cc1cccc(Cl)c1)C(=O)CN(c1ccc(C)cc1C)S(=O)(=O)c1ccccc1. The van der Waals surface area contributed by atoms with Crippen LogP contribution < -0.4 is 9.62 Å². The van der Waals surface area contributed by atoms with Crippen molar-refractivity contribution in [1.29, 1.82) is 0 Å². The molecule has 4 rings (SSSR count). The molecule has 0 aliphatic heterocycles. The maximum absolute atomic E-state index is 14.6. The van der Waals surface area contributed by atoms with Crippen molar-refractivity contribution in [3.63, 3.8) is 0 Å². The van der Waals surface area contributed by atoms with Gasteiger partial charge in [-0.1, -0.05) is 96.9 Å². The highest BCUT2D eigenvalue weighted by Crippen LogP contribution is 2.28. The number of anilines is 1. The largest absolute Gasteiger partial charge is 0.352 e. The molecule has 1 N–H and O–H groups in total. The molecule has 45 heavy (non-hydrogen) atoms. The first-order valence-corrected chi connectivity index (χ1v) is 16.8. The number of nitrogens with one attached hydrogen (secondary N) is 1. The molecule has 2 atom stereocenters. The van der Waals surface area contributed by atoms with Gasteiger partial charge in [0.15, 0.2) is 0 Å². The first-order chi connectivity index (χ1) is 21.5. The van der Waals surface area contributed by atoms with Gasteiger partial charge in [0, 0.05) is 24.0 Å². The van der Waals surface area contributed by atoms with E-state index in [1.807, 2.05) is 76.2 Å². The van der Waals surface area contributed by atoms with Crippen LogP contribution >= 0.6 is 11.6 Å². The second kappa shape index (κ2) is 15.2. The van der Waals surface area contributed by atoms with Gasteiger partial charge < -0.3 is 10.2 Å². The molecular weight excluding hydrogens is 606 g/mol. The molecule has 0 aromatic heterocycles. The summed E-state index contributed by atoms with van der Waals surface area (Å²) in [7, 11) is -4.16. The van der Waals surface area contributed by atoms with Crippen LogP contribution in [-0.4, -0.2) is 43.8 Å². The third-order valence-corrected chi connectivity index (χ3v) is 9.75. The molecule has 236 valence electrons. The zero-order valence-corrected chi connectivity index (χ0v) is 27.7. The van der Waals surface area contributed by atoms with E-state index in [4.69, 9.17) is 11.6 Å². The highest BCUT2D eigenvalue weighted by atomic mass is 35.5. The lowest BCUT2D eigenvalue weighted by molar-refractivity contribution is -0.140. The van der Waals surface area contributed by atoms with Crippen LogP contribution in [-0.2, 0) is 32.6 Å². The Bertz CT molecular complexity index is 1720. The fourth-order valence-corrected chi connectivity index (χ4v) is 6.86. The van der Waals surface area contributed by atoms with Crippen molar-refractivity contribution in [3.05, 3.63) is 130 Å². The van der Waals surface area contributed by atoms with Crippen LogP contribution in [0.25, 0.3) is 0 Å². The molecule has 0 unspecified atom stereocenters. The van der Waals surface area contributed by atoms with Crippen LogP contribution in [0.15, 0.2) is 108 Å². The normalized spacial score (nSPS) is 12.6. The van der Waals surface area contributed by atoms with E-state index in [1.54, 1.807) is 42.5 Å². The third kappa shape index (κ3) is 8.74. The Kier molecular flexibility index (Phi) is 11.4. The van der Waals surface area contributed by atoms with Gasteiger partial charge in [0.1, 0.15) is 12.6 Å². The van der Waals surface area contributed by atoms with Crippen LogP contribution in [0.2, 0.25) is 5.02 Å². The number of rotatable bonds is 13. The number of benzene rings is 4. The number of amides is 2. The number of nitrogens with zero attached hydrogens (tertiary/aromatic N) is 2. The van der Waals surface area contributed by atoms with Crippen molar-refractivity contribution >= 4 is 39.1 Å². The van der Waals surface area contributed by atoms with Crippen LogP contribution in [0.1, 0.15) is 42.5 Å². The van der Waals surface area contributed by atoms with E-state index in [9.17, 15) is 18.0 Å². The fourth-order valence-electron chi connectivity index (χ4n) is 5.15. The average molecular weight is 646 g/mol. The molecule has 0 saturated carbocycles. The average Bonchev–Trinajstić information content (AvgIpc) is 3.02. The van der Waals surface area contributed by atoms with Crippen molar-refractivity contribution in [3.8, 4) is 0 Å². The van der Waals surface area contributed by atoms with E-state index < -0.39 is 28.5 Å². The molecule has 0 spiro atoms. The van der Waals surface area contributed by atoms with Gasteiger partial charge in [-0.15, -0.1) is 0 Å². The summed E-state index contributed by atoms with van der Waals surface area (Å²) >= 11 is 6.32. The summed E-state index contributed by atoms with van der Waals surface area (Å²) in [5, 5.41) is 3.54. The highest BCUT2D eigenvalue weighted by Gasteiger charge is 2.35. The monoisotopic (exact) mass is 645 g/mol. The molecule has 0 radical (unpaired) electrons. The first kappa shape index (κ1) is 33.7. The standard InChI is InChI=1S/C36H40ClN3O4S/c1-5-28(4)38-36(42)34(23-29-13-8-6-9-14-29)39(24-30-15-12-16-31(37)22-30)35(41)25-40(33-20-19-26(2)21-27(33)3)45(43,44)32-17-10-7-11-18-32/h6-22,28,34H,5,23-25H2,1-4H3,(H,38,42)/t28-,34+/m1/s1. The predicted octanol–water partition coefficient (Wildman–Crippen LogP) is 6.71. The lowest BCUT2D eigenvalue weighted by Gasteiger charge is -2.34. The van der Waals surface area contributed by atoms with Gasteiger partial charge in [-0.3, -0.25) is 13.9 Å². The van der Waals surface area contributed by atoms with Crippen molar-refractivity contribution in [1.82, 2.24) is 10.2 Å². The Hall–Kier alpha value is -4.14. The summed E-state index contributed by atoms with van der Waals surface area (Å²) in [6.07, 6.45) is 0.951. The predicted molar refractivity (Wildman–Crippen MR) is 181 cm³/mol. The Morgan fingerprint density at radius 1 is 0.844 bits per heavy atom. The second-order valence-corrected chi connectivity index (χ2v) is 13.6. The number of halogens is 1. The molecule has 0 aliphatic carbocycles. The van der Waals surface area contributed by atoms with Crippen molar-refractivity contribution in [2.75, 3.05) is 10.8 Å². The lowest BCUT2D eigenvalue weighted by Crippen LogP contribution is -2.54. The summed E-state index contributed by atoms with van der Waals surface area (Å²) in [5.41, 5.74) is 3.65. The van der Waals surface area contributed by atoms with E-state index in [2.05, 4.69) is 5.32 Å². The van der Waals surface area contributed by atoms with E-state index in [0.29, 0.717) is 28.3 Å². The maximum atomic E-state index is 14.6. The number of hydrogen-bond acceptors (Lipinski definition) is 4.